The lowest BCUT2D eigenvalue weighted by molar-refractivity contribution is 0.0330. The second kappa shape index (κ2) is 6.67. The third kappa shape index (κ3) is 2.99. The van der Waals surface area contributed by atoms with Crippen LogP contribution < -0.4 is 15.0 Å². The second-order valence-electron chi connectivity index (χ2n) is 6.98. The Morgan fingerprint density at radius 1 is 1.36 bits per heavy atom. The van der Waals surface area contributed by atoms with Gasteiger partial charge in [-0.2, -0.15) is 0 Å². The number of hydrogen-bond acceptors (Lipinski definition) is 7. The third-order valence-electron chi connectivity index (χ3n) is 5.41. The molecule has 4 heterocycles. The summed E-state index contributed by atoms with van der Waals surface area (Å²) >= 11 is 0. The highest BCUT2D eigenvalue weighted by Gasteiger charge is 2.41. The predicted octanol–water partition coefficient (Wildman–Crippen LogP) is 2.04. The smallest absolute Gasteiger partial charge is 0.291 e. The maximum atomic E-state index is 6.19. The van der Waals surface area contributed by atoms with E-state index in [1.54, 1.807) is 13.4 Å². The first-order valence-electron chi connectivity index (χ1n) is 8.99. The molecular formula is C17H25N6O2-. The lowest BCUT2D eigenvalue weighted by Gasteiger charge is -2.45. The molecule has 8 nitrogen and oxygen atoms in total. The number of amidine groups is 1. The molecule has 0 aromatic carbocycles. The van der Waals surface area contributed by atoms with Gasteiger partial charge < -0.3 is 19.7 Å². The summed E-state index contributed by atoms with van der Waals surface area (Å²) in [5.41, 5.74) is -0.307. The molecule has 1 N–H and O–H groups in total. The first-order valence-corrected chi connectivity index (χ1v) is 8.99. The number of rotatable bonds is 3. The second-order valence-corrected chi connectivity index (χ2v) is 6.98. The molecule has 3 aliphatic heterocycles. The number of ether oxygens (including phenoxy) is 2. The average Bonchev–Trinajstić information content (AvgIpc) is 3.29. The van der Waals surface area contributed by atoms with E-state index in [0.717, 1.165) is 31.9 Å². The molecule has 8 heteroatoms. The van der Waals surface area contributed by atoms with Crippen molar-refractivity contribution in [3.05, 3.63) is 11.6 Å². The van der Waals surface area contributed by atoms with Crippen LogP contribution in [0.4, 0.5) is 11.6 Å². The summed E-state index contributed by atoms with van der Waals surface area (Å²) in [5.74, 6) is 2.49. The van der Waals surface area contributed by atoms with Gasteiger partial charge in [0.2, 0.25) is 5.75 Å². The van der Waals surface area contributed by atoms with Crippen molar-refractivity contribution in [3.63, 3.8) is 0 Å². The Morgan fingerprint density at radius 3 is 2.96 bits per heavy atom. The molecule has 0 radical (unpaired) electrons. The molecule has 1 aromatic rings. The Balaban J connectivity index is 1.52. The molecule has 0 unspecified atom stereocenters. The van der Waals surface area contributed by atoms with Gasteiger partial charge in [-0.05, 0) is 18.8 Å². The minimum Gasteiger partial charge on any atom is -0.659 e. The first kappa shape index (κ1) is 16.4. The van der Waals surface area contributed by atoms with E-state index in [0.29, 0.717) is 36.6 Å². The molecule has 3 aliphatic rings. The van der Waals surface area contributed by atoms with Crippen molar-refractivity contribution in [1.29, 1.82) is 0 Å². The highest BCUT2D eigenvalue weighted by atomic mass is 16.5. The van der Waals surface area contributed by atoms with Gasteiger partial charge >= 0.3 is 0 Å². The van der Waals surface area contributed by atoms with E-state index in [1.165, 1.54) is 12.8 Å². The zero-order chi connectivity index (χ0) is 17.3. The minimum atomic E-state index is -0.307. The van der Waals surface area contributed by atoms with E-state index >= 15 is 0 Å². The quantitative estimate of drug-likeness (QED) is 0.902. The maximum absolute atomic E-state index is 6.19. The summed E-state index contributed by atoms with van der Waals surface area (Å²) in [7, 11) is 1.64. The predicted molar refractivity (Wildman–Crippen MR) is 96.6 cm³/mol. The van der Waals surface area contributed by atoms with Crippen molar-refractivity contribution in [2.24, 2.45) is 10.9 Å². The van der Waals surface area contributed by atoms with Crippen LogP contribution in [-0.2, 0) is 4.74 Å². The minimum absolute atomic E-state index is 0.307. The summed E-state index contributed by atoms with van der Waals surface area (Å²) in [4.78, 5) is 15.5. The molecule has 4 rings (SSSR count). The van der Waals surface area contributed by atoms with Crippen LogP contribution in [0.1, 0.15) is 26.2 Å². The number of piperidine rings is 1. The van der Waals surface area contributed by atoms with Gasteiger partial charge in [-0.3, -0.25) is 5.32 Å². The summed E-state index contributed by atoms with van der Waals surface area (Å²) in [6, 6.07) is 0.494. The number of nitrogens with zero attached hydrogens (tertiary/aromatic N) is 5. The molecule has 2 saturated heterocycles. The molecule has 1 spiro atoms. The van der Waals surface area contributed by atoms with Crippen molar-refractivity contribution < 1.29 is 9.47 Å². The van der Waals surface area contributed by atoms with Crippen molar-refractivity contribution in [3.8, 4) is 5.75 Å². The Hall–Kier alpha value is -2.09. The van der Waals surface area contributed by atoms with E-state index < -0.39 is 0 Å². The van der Waals surface area contributed by atoms with Gasteiger partial charge in [0.05, 0.1) is 13.7 Å². The monoisotopic (exact) mass is 345 g/mol. The van der Waals surface area contributed by atoms with E-state index in [1.807, 2.05) is 0 Å². The Morgan fingerprint density at radius 2 is 2.20 bits per heavy atom. The van der Waals surface area contributed by atoms with E-state index in [4.69, 9.17) is 9.47 Å². The normalized spacial score (nSPS) is 28.8. The van der Waals surface area contributed by atoms with E-state index in [-0.39, 0.29) is 5.60 Å². The third-order valence-corrected chi connectivity index (χ3v) is 5.41. The molecule has 0 bridgehead atoms. The molecule has 25 heavy (non-hydrogen) atoms. The highest BCUT2D eigenvalue weighted by molar-refractivity contribution is 5.92. The summed E-state index contributed by atoms with van der Waals surface area (Å²) in [6.45, 7) is 6.44. The number of aromatic nitrogens is 2. The standard InChI is InChI=1S/C17H25N6O2/c1-12-5-6-18-9-17(12)10-19-16(25-17)22-14-13(24-2)15(21-11-20-14)23-7-3-4-8-23/h11-12H,3-10H2,1-2H3,(H,19,20,21,22)/q-1/t12-,17+/m0/s1. The highest BCUT2D eigenvalue weighted by Crippen LogP contribution is 2.37. The van der Waals surface area contributed by atoms with Gasteiger partial charge in [0, 0.05) is 13.1 Å². The molecule has 0 aliphatic carbocycles. The number of hydrogen-bond donors (Lipinski definition) is 1. The van der Waals surface area contributed by atoms with Crippen LogP contribution >= 0.6 is 0 Å². The molecular weight excluding hydrogens is 320 g/mol. The zero-order valence-electron chi connectivity index (χ0n) is 14.9. The van der Waals surface area contributed by atoms with Crippen LogP contribution in [0.25, 0.3) is 5.32 Å². The maximum Gasteiger partial charge on any atom is 0.291 e. The summed E-state index contributed by atoms with van der Waals surface area (Å²) < 4.78 is 11.8. The fraction of sp³-hybridized carbons (Fsp3) is 0.706. The molecule has 136 valence electrons. The van der Waals surface area contributed by atoms with Gasteiger partial charge in [0.15, 0.2) is 11.6 Å². The summed E-state index contributed by atoms with van der Waals surface area (Å²) in [6.07, 6.45) is 4.95. The Kier molecular flexibility index (Phi) is 4.37. The fourth-order valence-electron chi connectivity index (χ4n) is 3.74. The molecule has 1 aromatic heterocycles. The molecule has 0 saturated carbocycles. The van der Waals surface area contributed by atoms with Crippen LogP contribution in [0.15, 0.2) is 11.3 Å². The number of anilines is 2. The van der Waals surface area contributed by atoms with Crippen LogP contribution in [0.5, 0.6) is 5.75 Å². The van der Waals surface area contributed by atoms with Crippen LogP contribution in [0, 0.1) is 5.92 Å². The van der Waals surface area contributed by atoms with Crippen molar-refractivity contribution >= 4 is 17.7 Å². The molecule has 0 amide bonds. The van der Waals surface area contributed by atoms with Gasteiger partial charge in [0.25, 0.3) is 6.02 Å². The van der Waals surface area contributed by atoms with Crippen LogP contribution in [0.3, 0.4) is 0 Å². The van der Waals surface area contributed by atoms with Gasteiger partial charge in [-0.15, -0.1) is 13.1 Å². The molecule has 2 fully saturated rings. The van der Waals surface area contributed by atoms with Gasteiger partial charge in [0.1, 0.15) is 11.9 Å². The number of nitrogens with one attached hydrogen (secondary N) is 1. The van der Waals surface area contributed by atoms with Crippen molar-refractivity contribution in [1.82, 2.24) is 9.97 Å². The number of methoxy groups -OCH3 is 1. The fourth-order valence-corrected chi connectivity index (χ4v) is 3.74. The average molecular weight is 345 g/mol. The first-order chi connectivity index (χ1) is 12.2. The Labute approximate surface area is 148 Å². The lowest BCUT2D eigenvalue weighted by Crippen LogP contribution is -2.47. The number of aliphatic imine (C=N–C) groups is 1. The van der Waals surface area contributed by atoms with Gasteiger partial charge in [-0.1, -0.05) is 13.3 Å². The zero-order valence-corrected chi connectivity index (χ0v) is 14.9. The van der Waals surface area contributed by atoms with Crippen LogP contribution in [0.2, 0.25) is 0 Å². The lowest BCUT2D eigenvalue weighted by atomic mass is 9.83. The SMILES string of the molecule is COc1c(NC2=NC[C@@]3(C[N-]CC[C@@H]3C)O2)ncnc1N1CCCC1. The Bertz CT molecular complexity index is 661. The topological polar surface area (TPSA) is 86.0 Å². The van der Waals surface area contributed by atoms with Gasteiger partial charge in [-0.25, -0.2) is 15.0 Å². The molecule has 2 atom stereocenters. The van der Waals surface area contributed by atoms with E-state index in [9.17, 15) is 0 Å². The van der Waals surface area contributed by atoms with E-state index in [2.05, 4.69) is 37.4 Å². The summed E-state index contributed by atoms with van der Waals surface area (Å²) in [5, 5.41) is 7.72. The largest absolute Gasteiger partial charge is 0.659 e. The van der Waals surface area contributed by atoms with Crippen LogP contribution in [-0.4, -0.2) is 61.4 Å². The van der Waals surface area contributed by atoms with Crippen molar-refractivity contribution in [2.45, 2.75) is 31.8 Å². The van der Waals surface area contributed by atoms with Crippen molar-refractivity contribution in [2.75, 3.05) is 50.1 Å².